The Balaban J connectivity index is 1.71. The van der Waals surface area contributed by atoms with Crippen LogP contribution in [0.3, 0.4) is 0 Å². The van der Waals surface area contributed by atoms with Gasteiger partial charge in [0.25, 0.3) is 0 Å². The van der Waals surface area contributed by atoms with Crippen molar-refractivity contribution in [2.45, 2.75) is 19.5 Å². The molecule has 1 aromatic carbocycles. The molecule has 2 aromatic rings. The molecule has 1 N–H and O–H groups in total. The minimum absolute atomic E-state index is 0.181. The highest BCUT2D eigenvalue weighted by atomic mass is 16.5. The molecule has 23 heavy (non-hydrogen) atoms. The molecule has 7 heteroatoms. The van der Waals surface area contributed by atoms with Gasteiger partial charge in [-0.15, -0.1) is 0 Å². The van der Waals surface area contributed by atoms with Crippen molar-refractivity contribution in [1.29, 1.82) is 0 Å². The molecule has 0 bridgehead atoms. The number of benzene rings is 1. The molecule has 0 amide bonds. The summed E-state index contributed by atoms with van der Waals surface area (Å²) in [6.07, 6.45) is 1.44. The van der Waals surface area contributed by atoms with Gasteiger partial charge in [-0.3, -0.25) is 9.69 Å². The molecule has 3 rings (SSSR count). The third-order valence-electron chi connectivity index (χ3n) is 4.08. The lowest BCUT2D eigenvalue weighted by Gasteiger charge is -2.32. The van der Waals surface area contributed by atoms with Crippen molar-refractivity contribution in [1.82, 2.24) is 19.7 Å². The van der Waals surface area contributed by atoms with Crippen molar-refractivity contribution in [2.24, 2.45) is 0 Å². The predicted molar refractivity (Wildman–Crippen MR) is 83.9 cm³/mol. The van der Waals surface area contributed by atoms with E-state index in [4.69, 9.17) is 9.84 Å². The highest BCUT2D eigenvalue weighted by Crippen LogP contribution is 2.23. The van der Waals surface area contributed by atoms with E-state index >= 15 is 0 Å². The second kappa shape index (κ2) is 6.89. The largest absolute Gasteiger partial charge is 0.480 e. The Morgan fingerprint density at radius 3 is 2.65 bits per heavy atom. The third-order valence-corrected chi connectivity index (χ3v) is 4.08. The Morgan fingerprint density at radius 1 is 1.30 bits per heavy atom. The summed E-state index contributed by atoms with van der Waals surface area (Å²) in [5.74, 6) is -0.395. The standard InChI is InChI=1S/C16H20N4O3/c1-12(19-6-8-23-9-7-19)13-2-4-14(5-3-13)16-17-11-20(18-16)10-15(21)22/h2-5,11-12H,6-10H2,1H3,(H,21,22)/t12-/m1/s1. The topological polar surface area (TPSA) is 80.5 Å². The summed E-state index contributed by atoms with van der Waals surface area (Å²) in [7, 11) is 0. The molecule has 1 saturated heterocycles. The number of aromatic nitrogens is 3. The molecule has 1 aliphatic heterocycles. The number of hydrogen-bond donors (Lipinski definition) is 1. The molecule has 0 unspecified atom stereocenters. The van der Waals surface area contributed by atoms with E-state index < -0.39 is 5.97 Å². The lowest BCUT2D eigenvalue weighted by molar-refractivity contribution is -0.137. The second-order valence-electron chi connectivity index (χ2n) is 5.61. The zero-order valence-corrected chi connectivity index (χ0v) is 13.1. The van der Waals surface area contributed by atoms with E-state index in [9.17, 15) is 4.79 Å². The fourth-order valence-electron chi connectivity index (χ4n) is 2.73. The van der Waals surface area contributed by atoms with Crippen LogP contribution in [-0.2, 0) is 16.1 Å². The Kier molecular flexibility index (Phi) is 4.68. The Morgan fingerprint density at radius 2 is 2.00 bits per heavy atom. The maximum Gasteiger partial charge on any atom is 0.325 e. The van der Waals surface area contributed by atoms with E-state index in [0.29, 0.717) is 11.9 Å². The summed E-state index contributed by atoms with van der Waals surface area (Å²) in [5, 5.41) is 12.9. The maximum atomic E-state index is 10.7. The number of ether oxygens (including phenoxy) is 1. The summed E-state index contributed by atoms with van der Waals surface area (Å²) < 4.78 is 6.71. The van der Waals surface area contributed by atoms with Crippen LogP contribution in [0.4, 0.5) is 0 Å². The number of morpholine rings is 1. The van der Waals surface area contributed by atoms with Crippen LogP contribution in [0.5, 0.6) is 0 Å². The van der Waals surface area contributed by atoms with Gasteiger partial charge in [0, 0.05) is 24.7 Å². The first-order valence-corrected chi connectivity index (χ1v) is 7.67. The van der Waals surface area contributed by atoms with E-state index in [2.05, 4.69) is 34.0 Å². The van der Waals surface area contributed by atoms with Gasteiger partial charge in [0.1, 0.15) is 12.9 Å². The minimum atomic E-state index is -0.934. The second-order valence-corrected chi connectivity index (χ2v) is 5.61. The molecular formula is C16H20N4O3. The van der Waals surface area contributed by atoms with Crippen LogP contribution >= 0.6 is 0 Å². The van der Waals surface area contributed by atoms with Crippen LogP contribution in [-0.4, -0.2) is 57.0 Å². The molecule has 1 aromatic heterocycles. The quantitative estimate of drug-likeness (QED) is 0.898. The van der Waals surface area contributed by atoms with Crippen molar-refractivity contribution in [2.75, 3.05) is 26.3 Å². The molecule has 1 atom stereocenters. The minimum Gasteiger partial charge on any atom is -0.480 e. The van der Waals surface area contributed by atoms with Crippen molar-refractivity contribution < 1.29 is 14.6 Å². The van der Waals surface area contributed by atoms with Crippen molar-refractivity contribution >= 4 is 5.97 Å². The molecule has 2 heterocycles. The maximum absolute atomic E-state index is 10.7. The molecule has 0 spiro atoms. The van der Waals surface area contributed by atoms with Gasteiger partial charge in [0.05, 0.1) is 13.2 Å². The van der Waals surface area contributed by atoms with Gasteiger partial charge >= 0.3 is 5.97 Å². The van der Waals surface area contributed by atoms with Gasteiger partial charge in [-0.2, -0.15) is 5.10 Å². The lowest BCUT2D eigenvalue weighted by Crippen LogP contribution is -2.37. The molecule has 0 aliphatic carbocycles. The van der Waals surface area contributed by atoms with E-state index in [1.54, 1.807) is 0 Å². The summed E-state index contributed by atoms with van der Waals surface area (Å²) >= 11 is 0. The van der Waals surface area contributed by atoms with E-state index in [0.717, 1.165) is 31.9 Å². The molecule has 1 aliphatic rings. The van der Waals surface area contributed by atoms with Gasteiger partial charge in [-0.1, -0.05) is 24.3 Å². The van der Waals surface area contributed by atoms with E-state index in [-0.39, 0.29) is 6.54 Å². The lowest BCUT2D eigenvalue weighted by atomic mass is 10.0. The van der Waals surface area contributed by atoms with Gasteiger partial charge in [0.15, 0.2) is 5.82 Å². The zero-order chi connectivity index (χ0) is 16.2. The molecule has 0 saturated carbocycles. The van der Waals surface area contributed by atoms with Crippen LogP contribution in [0, 0.1) is 0 Å². The first kappa shape index (κ1) is 15.6. The number of carbonyl (C=O) groups is 1. The van der Waals surface area contributed by atoms with Gasteiger partial charge in [-0.05, 0) is 12.5 Å². The fraction of sp³-hybridized carbons (Fsp3) is 0.438. The molecule has 0 radical (unpaired) electrons. The van der Waals surface area contributed by atoms with Crippen LogP contribution in [0.25, 0.3) is 11.4 Å². The van der Waals surface area contributed by atoms with Crippen molar-refractivity contribution in [3.8, 4) is 11.4 Å². The van der Waals surface area contributed by atoms with Gasteiger partial charge in [-0.25, -0.2) is 9.67 Å². The summed E-state index contributed by atoms with van der Waals surface area (Å²) in [5.41, 5.74) is 2.12. The van der Waals surface area contributed by atoms with Crippen LogP contribution in [0.1, 0.15) is 18.5 Å². The van der Waals surface area contributed by atoms with Gasteiger partial charge < -0.3 is 9.84 Å². The van der Waals surface area contributed by atoms with E-state index in [1.165, 1.54) is 16.6 Å². The Hall–Kier alpha value is -2.25. The van der Waals surface area contributed by atoms with E-state index in [1.807, 2.05) is 12.1 Å². The van der Waals surface area contributed by atoms with Crippen molar-refractivity contribution in [3.63, 3.8) is 0 Å². The summed E-state index contributed by atoms with van der Waals surface area (Å²) in [6, 6.07) is 8.45. The SMILES string of the molecule is C[C@H](c1ccc(-c2ncn(CC(=O)O)n2)cc1)N1CCOCC1. The molecule has 1 fully saturated rings. The predicted octanol–water partition coefficient (Wildman–Crippen LogP) is 1.42. The number of hydrogen-bond acceptors (Lipinski definition) is 5. The number of carboxylic acids is 1. The molecule has 122 valence electrons. The normalized spacial score (nSPS) is 17.1. The number of carboxylic acid groups (broad SMARTS) is 1. The Bertz CT molecular complexity index is 662. The highest BCUT2D eigenvalue weighted by molar-refractivity contribution is 5.66. The van der Waals surface area contributed by atoms with Crippen molar-refractivity contribution in [3.05, 3.63) is 36.2 Å². The number of nitrogens with zero attached hydrogens (tertiary/aromatic N) is 4. The average Bonchev–Trinajstić information content (AvgIpc) is 3.03. The first-order valence-electron chi connectivity index (χ1n) is 7.67. The first-order chi connectivity index (χ1) is 11.1. The highest BCUT2D eigenvalue weighted by Gasteiger charge is 2.18. The molecule has 7 nitrogen and oxygen atoms in total. The van der Waals surface area contributed by atoms with Crippen LogP contribution in [0.2, 0.25) is 0 Å². The van der Waals surface area contributed by atoms with Gasteiger partial charge in [0.2, 0.25) is 0 Å². The number of rotatable bonds is 5. The smallest absolute Gasteiger partial charge is 0.325 e. The summed E-state index contributed by atoms with van der Waals surface area (Å²) in [6.45, 7) is 5.48. The third kappa shape index (κ3) is 3.75. The molecular weight excluding hydrogens is 296 g/mol. The number of aliphatic carboxylic acids is 1. The monoisotopic (exact) mass is 316 g/mol. The van der Waals surface area contributed by atoms with Crippen LogP contribution < -0.4 is 0 Å². The average molecular weight is 316 g/mol. The van der Waals surface area contributed by atoms with Crippen LogP contribution in [0.15, 0.2) is 30.6 Å². The fourth-order valence-corrected chi connectivity index (χ4v) is 2.73. The summed E-state index contributed by atoms with van der Waals surface area (Å²) in [4.78, 5) is 17.2. The Labute approximate surface area is 134 Å². The zero-order valence-electron chi connectivity index (χ0n) is 13.1.